The lowest BCUT2D eigenvalue weighted by Crippen LogP contribution is -2.29. The summed E-state index contributed by atoms with van der Waals surface area (Å²) >= 11 is 0. The Labute approximate surface area is 146 Å². The van der Waals surface area contributed by atoms with Crippen LogP contribution < -0.4 is 9.80 Å². The molecule has 3 aliphatic rings. The molecular weight excluding hydrogens is 314 g/mol. The number of rotatable bonds is 3. The third-order valence-electron chi connectivity index (χ3n) is 5.56. The molecule has 0 amide bonds. The molecule has 2 saturated heterocycles. The Kier molecular flexibility index (Phi) is 3.30. The molecule has 2 atom stereocenters. The van der Waals surface area contributed by atoms with Gasteiger partial charge < -0.3 is 9.80 Å². The zero-order chi connectivity index (χ0) is 16.8. The second-order valence-electron chi connectivity index (χ2n) is 7.28. The van der Waals surface area contributed by atoms with Gasteiger partial charge in [-0.05, 0) is 12.8 Å². The second-order valence-corrected chi connectivity index (χ2v) is 7.28. The monoisotopic (exact) mass is 333 g/mol. The van der Waals surface area contributed by atoms with Crippen molar-refractivity contribution in [3.8, 4) is 6.07 Å². The minimum atomic E-state index is 0.365. The van der Waals surface area contributed by atoms with Crippen LogP contribution in [-0.2, 0) is 0 Å². The third kappa shape index (κ3) is 2.68. The summed E-state index contributed by atoms with van der Waals surface area (Å²) in [5.41, 5.74) is 1.57. The van der Waals surface area contributed by atoms with Gasteiger partial charge in [-0.1, -0.05) is 0 Å². The van der Waals surface area contributed by atoms with Gasteiger partial charge in [-0.25, -0.2) is 19.9 Å². The molecule has 5 rings (SSSR count). The fourth-order valence-corrected chi connectivity index (χ4v) is 4.05. The summed E-state index contributed by atoms with van der Waals surface area (Å²) in [6.07, 6.45) is 7.51. The Balaban J connectivity index is 1.27. The topological polar surface area (TPSA) is 81.8 Å². The van der Waals surface area contributed by atoms with Crippen LogP contribution in [0.4, 0.5) is 11.6 Å². The normalized spacial score (nSPS) is 25.1. The van der Waals surface area contributed by atoms with Crippen molar-refractivity contribution in [2.75, 3.05) is 36.0 Å². The van der Waals surface area contributed by atoms with Gasteiger partial charge in [0.1, 0.15) is 24.0 Å². The Morgan fingerprint density at radius 3 is 2.20 bits per heavy atom. The lowest BCUT2D eigenvalue weighted by molar-refractivity contribution is 0.533. The van der Waals surface area contributed by atoms with Crippen LogP contribution in [0.5, 0.6) is 0 Å². The Bertz CT molecular complexity index is 810. The Morgan fingerprint density at radius 2 is 1.60 bits per heavy atom. The van der Waals surface area contributed by atoms with Crippen LogP contribution >= 0.6 is 0 Å². The van der Waals surface area contributed by atoms with Crippen molar-refractivity contribution in [1.29, 1.82) is 5.26 Å². The van der Waals surface area contributed by atoms with Crippen molar-refractivity contribution in [2.45, 2.75) is 18.8 Å². The van der Waals surface area contributed by atoms with E-state index in [9.17, 15) is 0 Å². The summed E-state index contributed by atoms with van der Waals surface area (Å²) in [6.45, 7) is 4.04. The van der Waals surface area contributed by atoms with Crippen molar-refractivity contribution in [2.24, 2.45) is 11.8 Å². The standard InChI is InChI=1S/C18H19N7/c19-4-15-5-21-18(6-20-15)25-9-13-7-24(8-14(13)10-25)17-3-16(12-1-2-12)22-11-23-17/h3,5-6,11-14H,1-2,7-10H2. The molecule has 4 heterocycles. The molecule has 2 aromatic rings. The summed E-state index contributed by atoms with van der Waals surface area (Å²) in [5, 5.41) is 8.84. The molecule has 1 saturated carbocycles. The molecule has 1 aliphatic carbocycles. The minimum Gasteiger partial charge on any atom is -0.356 e. The van der Waals surface area contributed by atoms with E-state index < -0.39 is 0 Å². The van der Waals surface area contributed by atoms with Crippen LogP contribution in [0.2, 0.25) is 0 Å². The predicted molar refractivity (Wildman–Crippen MR) is 92.2 cm³/mol. The van der Waals surface area contributed by atoms with Gasteiger partial charge in [0.05, 0.1) is 12.4 Å². The minimum absolute atomic E-state index is 0.365. The van der Waals surface area contributed by atoms with E-state index in [0.717, 1.165) is 37.8 Å². The molecule has 25 heavy (non-hydrogen) atoms. The van der Waals surface area contributed by atoms with Crippen LogP contribution in [0, 0.1) is 23.2 Å². The first-order valence-corrected chi connectivity index (χ1v) is 8.84. The molecule has 2 unspecified atom stereocenters. The van der Waals surface area contributed by atoms with E-state index in [1.54, 1.807) is 18.7 Å². The first-order chi connectivity index (χ1) is 12.3. The van der Waals surface area contributed by atoms with Gasteiger partial charge in [0, 0.05) is 55.7 Å². The number of nitrogens with zero attached hydrogens (tertiary/aromatic N) is 7. The SMILES string of the molecule is N#Cc1cnc(N2CC3CN(c4cc(C5CC5)ncn4)CC3C2)cn1. The summed E-state index contributed by atoms with van der Waals surface area (Å²) in [6, 6.07) is 4.20. The molecule has 2 aliphatic heterocycles. The van der Waals surface area contributed by atoms with Gasteiger partial charge in [-0.3, -0.25) is 0 Å². The number of hydrogen-bond donors (Lipinski definition) is 0. The molecule has 0 bridgehead atoms. The fourth-order valence-electron chi connectivity index (χ4n) is 4.05. The summed E-state index contributed by atoms with van der Waals surface area (Å²) in [7, 11) is 0. The summed E-state index contributed by atoms with van der Waals surface area (Å²) < 4.78 is 0. The lowest BCUT2D eigenvalue weighted by atomic mass is 10.0. The van der Waals surface area contributed by atoms with E-state index in [2.05, 4.69) is 35.8 Å². The molecule has 0 N–H and O–H groups in total. The maximum Gasteiger partial charge on any atom is 0.158 e. The van der Waals surface area contributed by atoms with Gasteiger partial charge in [0.15, 0.2) is 5.69 Å². The predicted octanol–water partition coefficient (Wildman–Crippen LogP) is 1.59. The van der Waals surface area contributed by atoms with Crippen molar-refractivity contribution >= 4 is 11.6 Å². The molecule has 7 heteroatoms. The average Bonchev–Trinajstić information content (AvgIpc) is 3.32. The highest BCUT2D eigenvalue weighted by Crippen LogP contribution is 2.40. The van der Waals surface area contributed by atoms with Crippen LogP contribution in [-0.4, -0.2) is 46.1 Å². The van der Waals surface area contributed by atoms with E-state index in [1.165, 1.54) is 18.5 Å². The zero-order valence-corrected chi connectivity index (χ0v) is 13.9. The molecule has 126 valence electrons. The van der Waals surface area contributed by atoms with Crippen LogP contribution in [0.25, 0.3) is 0 Å². The van der Waals surface area contributed by atoms with E-state index in [0.29, 0.717) is 23.4 Å². The Morgan fingerprint density at radius 1 is 0.880 bits per heavy atom. The van der Waals surface area contributed by atoms with Gasteiger partial charge in [-0.2, -0.15) is 5.26 Å². The summed E-state index contributed by atoms with van der Waals surface area (Å²) in [4.78, 5) is 22.1. The number of hydrogen-bond acceptors (Lipinski definition) is 7. The fraction of sp³-hybridized carbons (Fsp3) is 0.500. The summed E-state index contributed by atoms with van der Waals surface area (Å²) in [5.74, 6) is 3.86. The van der Waals surface area contributed by atoms with Crippen LogP contribution in [0.1, 0.15) is 30.1 Å². The molecular formula is C18H19N7. The molecule has 7 nitrogen and oxygen atoms in total. The van der Waals surface area contributed by atoms with E-state index >= 15 is 0 Å². The number of anilines is 2. The zero-order valence-electron chi connectivity index (χ0n) is 13.9. The first-order valence-electron chi connectivity index (χ1n) is 8.84. The number of nitriles is 1. The third-order valence-corrected chi connectivity index (χ3v) is 5.56. The van der Waals surface area contributed by atoms with Crippen molar-refractivity contribution in [1.82, 2.24) is 19.9 Å². The van der Waals surface area contributed by atoms with Crippen molar-refractivity contribution in [3.63, 3.8) is 0 Å². The van der Waals surface area contributed by atoms with E-state index in [-0.39, 0.29) is 0 Å². The maximum atomic E-state index is 8.84. The molecule has 3 fully saturated rings. The number of fused-ring (bicyclic) bond motifs is 1. The molecule has 2 aromatic heterocycles. The second kappa shape index (κ2) is 5.66. The van der Waals surface area contributed by atoms with Gasteiger partial charge >= 0.3 is 0 Å². The molecule has 0 radical (unpaired) electrons. The van der Waals surface area contributed by atoms with E-state index in [4.69, 9.17) is 5.26 Å². The van der Waals surface area contributed by atoms with Gasteiger partial charge in [-0.15, -0.1) is 0 Å². The highest BCUT2D eigenvalue weighted by Gasteiger charge is 2.41. The smallest absolute Gasteiger partial charge is 0.158 e. The average molecular weight is 333 g/mol. The number of aromatic nitrogens is 4. The highest BCUT2D eigenvalue weighted by molar-refractivity contribution is 5.45. The molecule has 0 spiro atoms. The lowest BCUT2D eigenvalue weighted by Gasteiger charge is -2.23. The van der Waals surface area contributed by atoms with Crippen LogP contribution in [0.15, 0.2) is 24.8 Å². The van der Waals surface area contributed by atoms with Crippen LogP contribution in [0.3, 0.4) is 0 Å². The van der Waals surface area contributed by atoms with Gasteiger partial charge in [0.25, 0.3) is 0 Å². The Hall–Kier alpha value is -2.75. The van der Waals surface area contributed by atoms with Crippen molar-refractivity contribution in [3.05, 3.63) is 36.2 Å². The van der Waals surface area contributed by atoms with Gasteiger partial charge in [0.2, 0.25) is 0 Å². The first kappa shape index (κ1) is 14.6. The maximum absolute atomic E-state index is 8.84. The largest absolute Gasteiger partial charge is 0.356 e. The van der Waals surface area contributed by atoms with E-state index in [1.807, 2.05) is 6.07 Å². The quantitative estimate of drug-likeness (QED) is 0.843. The highest BCUT2D eigenvalue weighted by atomic mass is 15.3. The van der Waals surface area contributed by atoms with Crippen molar-refractivity contribution < 1.29 is 0 Å². The molecule has 0 aromatic carbocycles.